The van der Waals surface area contributed by atoms with Crippen molar-refractivity contribution < 1.29 is 4.39 Å². The van der Waals surface area contributed by atoms with Crippen molar-refractivity contribution in [2.75, 3.05) is 0 Å². The maximum Gasteiger partial charge on any atom is 0.131 e. The van der Waals surface area contributed by atoms with Gasteiger partial charge in [-0.1, -0.05) is 35.9 Å². The zero-order chi connectivity index (χ0) is 13.2. The van der Waals surface area contributed by atoms with E-state index in [-0.39, 0.29) is 5.82 Å². The Bertz CT molecular complexity index is 593. The Morgan fingerprint density at radius 3 is 2.63 bits per heavy atom. The van der Waals surface area contributed by atoms with Gasteiger partial charge in [0.1, 0.15) is 5.82 Å². The average molecular weight is 276 g/mol. The van der Waals surface area contributed by atoms with Crippen molar-refractivity contribution in [1.29, 1.82) is 0 Å². The van der Waals surface area contributed by atoms with Crippen molar-refractivity contribution in [2.24, 2.45) is 0 Å². The van der Waals surface area contributed by atoms with E-state index in [1.807, 2.05) is 30.3 Å². The molecule has 0 bridgehead atoms. The smallest absolute Gasteiger partial charge is 0.131 e. The van der Waals surface area contributed by atoms with Crippen LogP contribution in [0.3, 0.4) is 0 Å². The molecule has 2 aromatic carbocycles. The second-order valence-corrected chi connectivity index (χ2v) is 5.36. The van der Waals surface area contributed by atoms with Crippen molar-refractivity contribution in [2.45, 2.75) is 25.4 Å². The highest BCUT2D eigenvalue weighted by Crippen LogP contribution is 2.30. The summed E-state index contributed by atoms with van der Waals surface area (Å²) in [4.78, 5) is 0. The van der Waals surface area contributed by atoms with Crippen LogP contribution in [0.5, 0.6) is 0 Å². The van der Waals surface area contributed by atoms with Gasteiger partial charge in [-0.25, -0.2) is 4.39 Å². The highest BCUT2D eigenvalue weighted by atomic mass is 35.5. The maximum atomic E-state index is 14.0. The van der Waals surface area contributed by atoms with Crippen molar-refractivity contribution in [3.63, 3.8) is 0 Å². The van der Waals surface area contributed by atoms with Gasteiger partial charge in [-0.05, 0) is 36.6 Å². The van der Waals surface area contributed by atoms with Crippen LogP contribution >= 0.6 is 11.6 Å². The predicted octanol–water partition coefficient (Wildman–Crippen LogP) is 4.40. The third-order valence-corrected chi connectivity index (χ3v) is 3.70. The van der Waals surface area contributed by atoms with Crippen LogP contribution in [0, 0.1) is 5.82 Å². The van der Waals surface area contributed by atoms with Crippen LogP contribution in [-0.2, 0) is 6.54 Å². The lowest BCUT2D eigenvalue weighted by Crippen LogP contribution is -2.15. The van der Waals surface area contributed by atoms with Gasteiger partial charge in [0.25, 0.3) is 0 Å². The summed E-state index contributed by atoms with van der Waals surface area (Å²) in [6, 6.07) is 13.2. The molecular formula is C16H15ClFN. The first kappa shape index (κ1) is 12.6. The van der Waals surface area contributed by atoms with Gasteiger partial charge < -0.3 is 5.32 Å². The number of benzene rings is 2. The second kappa shape index (κ2) is 5.32. The summed E-state index contributed by atoms with van der Waals surface area (Å²) >= 11 is 6.14. The van der Waals surface area contributed by atoms with Gasteiger partial charge in [-0.2, -0.15) is 0 Å². The number of rotatable bonds is 4. The molecule has 0 atom stereocenters. The number of hydrogen-bond acceptors (Lipinski definition) is 1. The normalized spacial score (nSPS) is 14.6. The first-order valence-corrected chi connectivity index (χ1v) is 6.88. The van der Waals surface area contributed by atoms with E-state index in [2.05, 4.69) is 5.32 Å². The summed E-state index contributed by atoms with van der Waals surface area (Å²) < 4.78 is 14.0. The van der Waals surface area contributed by atoms with E-state index in [1.165, 1.54) is 18.9 Å². The number of nitrogens with one attached hydrogen (secondary N) is 1. The Balaban J connectivity index is 1.90. The molecule has 0 unspecified atom stereocenters. The fourth-order valence-corrected chi connectivity index (χ4v) is 2.36. The van der Waals surface area contributed by atoms with Gasteiger partial charge in [0.05, 0.1) is 0 Å². The molecule has 98 valence electrons. The Hall–Kier alpha value is -1.38. The van der Waals surface area contributed by atoms with Gasteiger partial charge in [0.15, 0.2) is 0 Å². The van der Waals surface area contributed by atoms with Crippen molar-refractivity contribution >= 4 is 11.6 Å². The third kappa shape index (κ3) is 2.96. The molecular weight excluding hydrogens is 261 g/mol. The van der Waals surface area contributed by atoms with Crippen LogP contribution < -0.4 is 5.32 Å². The monoisotopic (exact) mass is 275 g/mol. The zero-order valence-electron chi connectivity index (χ0n) is 10.5. The van der Waals surface area contributed by atoms with E-state index in [0.717, 1.165) is 17.7 Å². The highest BCUT2D eigenvalue weighted by Gasteiger charge is 2.20. The van der Waals surface area contributed by atoms with Gasteiger partial charge in [-0.3, -0.25) is 0 Å². The summed E-state index contributed by atoms with van der Waals surface area (Å²) in [6.07, 6.45) is 2.50. The SMILES string of the molecule is Fc1ccc(CNC2CC2)cc1-c1ccccc1Cl. The van der Waals surface area contributed by atoms with E-state index in [1.54, 1.807) is 6.07 Å². The molecule has 1 N–H and O–H groups in total. The lowest BCUT2D eigenvalue weighted by Gasteiger charge is -2.09. The quantitative estimate of drug-likeness (QED) is 0.872. The lowest BCUT2D eigenvalue weighted by molar-refractivity contribution is 0.628. The van der Waals surface area contributed by atoms with E-state index < -0.39 is 0 Å². The molecule has 3 rings (SSSR count). The van der Waals surface area contributed by atoms with Crippen molar-refractivity contribution in [3.8, 4) is 11.1 Å². The van der Waals surface area contributed by atoms with E-state index in [9.17, 15) is 4.39 Å². The Morgan fingerprint density at radius 2 is 1.89 bits per heavy atom. The largest absolute Gasteiger partial charge is 0.310 e. The van der Waals surface area contributed by atoms with E-state index in [0.29, 0.717) is 16.6 Å². The topological polar surface area (TPSA) is 12.0 Å². The molecule has 1 aliphatic rings. The van der Waals surface area contributed by atoms with Gasteiger partial charge >= 0.3 is 0 Å². The fourth-order valence-electron chi connectivity index (χ4n) is 2.12. The van der Waals surface area contributed by atoms with Crippen LogP contribution in [0.1, 0.15) is 18.4 Å². The summed E-state index contributed by atoms with van der Waals surface area (Å²) in [7, 11) is 0. The Kier molecular flexibility index (Phi) is 3.54. The van der Waals surface area contributed by atoms with Crippen LogP contribution in [-0.4, -0.2) is 6.04 Å². The van der Waals surface area contributed by atoms with Crippen molar-refractivity contribution in [3.05, 3.63) is 58.9 Å². The van der Waals surface area contributed by atoms with Gasteiger partial charge in [0.2, 0.25) is 0 Å². The molecule has 1 saturated carbocycles. The molecule has 1 nitrogen and oxygen atoms in total. The molecule has 0 radical (unpaired) electrons. The third-order valence-electron chi connectivity index (χ3n) is 3.37. The minimum Gasteiger partial charge on any atom is -0.310 e. The summed E-state index contributed by atoms with van der Waals surface area (Å²) in [5.41, 5.74) is 2.40. The Labute approximate surface area is 117 Å². The minimum atomic E-state index is -0.233. The van der Waals surface area contributed by atoms with E-state index >= 15 is 0 Å². The summed E-state index contributed by atoms with van der Waals surface area (Å²) in [5.74, 6) is -0.233. The molecule has 0 aliphatic heterocycles. The number of hydrogen-bond donors (Lipinski definition) is 1. The molecule has 0 spiro atoms. The van der Waals surface area contributed by atoms with Crippen LogP contribution in [0.2, 0.25) is 5.02 Å². The van der Waals surface area contributed by atoms with Crippen LogP contribution in [0.15, 0.2) is 42.5 Å². The number of halogens is 2. The average Bonchev–Trinajstić information content (AvgIpc) is 3.23. The molecule has 0 aromatic heterocycles. The highest BCUT2D eigenvalue weighted by molar-refractivity contribution is 6.33. The summed E-state index contributed by atoms with van der Waals surface area (Å²) in [6.45, 7) is 0.780. The molecule has 0 heterocycles. The van der Waals surface area contributed by atoms with Crippen molar-refractivity contribution in [1.82, 2.24) is 5.32 Å². The van der Waals surface area contributed by atoms with Crippen LogP contribution in [0.4, 0.5) is 4.39 Å². The molecule has 3 heteroatoms. The van der Waals surface area contributed by atoms with E-state index in [4.69, 9.17) is 11.6 Å². The van der Waals surface area contributed by atoms with Gasteiger partial charge in [-0.15, -0.1) is 0 Å². The minimum absolute atomic E-state index is 0.233. The first-order valence-electron chi connectivity index (χ1n) is 6.51. The molecule has 19 heavy (non-hydrogen) atoms. The standard InChI is InChI=1S/C16H15ClFN/c17-15-4-2-1-3-13(15)14-9-11(5-8-16(14)18)10-19-12-6-7-12/h1-5,8-9,12,19H,6-7,10H2. The molecule has 0 saturated heterocycles. The molecule has 1 fully saturated rings. The molecule has 1 aliphatic carbocycles. The van der Waals surface area contributed by atoms with Gasteiger partial charge in [0, 0.05) is 28.7 Å². The molecule has 2 aromatic rings. The predicted molar refractivity (Wildman–Crippen MR) is 76.7 cm³/mol. The zero-order valence-corrected chi connectivity index (χ0v) is 11.3. The Morgan fingerprint density at radius 1 is 1.11 bits per heavy atom. The van der Waals surface area contributed by atoms with Crippen LogP contribution in [0.25, 0.3) is 11.1 Å². The summed E-state index contributed by atoms with van der Waals surface area (Å²) in [5, 5.41) is 4.01. The maximum absolute atomic E-state index is 14.0. The fraction of sp³-hybridized carbons (Fsp3) is 0.250. The second-order valence-electron chi connectivity index (χ2n) is 4.95. The lowest BCUT2D eigenvalue weighted by atomic mass is 10.0. The first-order chi connectivity index (χ1) is 9.24. The molecule has 0 amide bonds.